The molecule has 139 heavy (non-hydrogen) atoms. The Hall–Kier alpha value is -12.8. The van der Waals surface area contributed by atoms with E-state index in [1.807, 2.05) is 174 Å². The van der Waals surface area contributed by atoms with Crippen LogP contribution in [-0.2, 0) is 21.0 Å². The van der Waals surface area contributed by atoms with Crippen LogP contribution in [0.1, 0.15) is 140 Å². The predicted octanol–water partition coefficient (Wildman–Crippen LogP) is 26.6. The molecule has 5 unspecified atom stereocenters. The van der Waals surface area contributed by atoms with Crippen molar-refractivity contribution in [2.45, 2.75) is 79.1 Å². The van der Waals surface area contributed by atoms with Crippen LogP contribution < -0.4 is 0 Å². The third kappa shape index (κ3) is 28.5. The first-order chi connectivity index (χ1) is 67.3. The first-order valence-electron chi connectivity index (χ1n) is 40.8. The molecule has 0 N–H and O–H groups in total. The average molecular weight is 2220 g/mol. The molecule has 0 saturated carbocycles. The van der Waals surface area contributed by atoms with Crippen LogP contribution in [0.25, 0.3) is 56.3 Å². The van der Waals surface area contributed by atoms with Crippen molar-refractivity contribution in [1.82, 2.24) is 79.7 Å². The number of nitro benzene ring substituents is 1. The lowest BCUT2D eigenvalue weighted by molar-refractivity contribution is -0.384. The van der Waals surface area contributed by atoms with Gasteiger partial charge >= 0.3 is 11.9 Å². The van der Waals surface area contributed by atoms with Gasteiger partial charge in [0.05, 0.1) is 99.7 Å². The lowest BCUT2D eigenvalue weighted by Crippen LogP contribution is -2.14. The number of thiazole rings is 5. The molecule has 17 aromatic rings. The lowest BCUT2D eigenvalue weighted by atomic mass is 10.0. The smallest absolute Gasteiger partial charge is 0.341 e. The number of nitrogens with zero attached hydrogens (tertiary/aromatic N) is 22. The molecule has 0 aliphatic carbocycles. The van der Waals surface area contributed by atoms with Gasteiger partial charge in [-0.3, -0.25) is 10.1 Å². The SMILES string of the molecule is CCOC(=O)c1cnc(SCc2ccccc2)nc1C(C#N)c1nc(-c2ccc(Br)cc2)cs1.CCOC(=O)c1cnc(SCc2ccccc2)nc1C(C#N)c1nc(-c2ccc(Br)cc2)cs1.Cc1cc(C(C#N)c2nc(-c3ccc(Cl)cc3)cs2)nc(Cl)n1.Cc1cc(C(C#N)c2nc(-c3ccc([N+](=O)[O-])cc3)cs2)nc(Cl)n1.N#CC(c1nc(Cl)nc(Cl)n1)c1nc(-c2ccc(Cl)cc2)cs1. The van der Waals surface area contributed by atoms with E-state index in [-0.39, 0.29) is 57.0 Å². The molecule has 7 aromatic carbocycles. The summed E-state index contributed by atoms with van der Waals surface area (Å²) in [5.74, 6) is -3.24. The number of aromatic nitrogens is 16. The number of ether oxygens (including phenoxy) is 2. The van der Waals surface area contributed by atoms with Crippen LogP contribution in [-0.4, -0.2) is 110 Å². The summed E-state index contributed by atoms with van der Waals surface area (Å²) in [6.07, 6.45) is 2.89. The van der Waals surface area contributed by atoms with Gasteiger partial charge in [-0.25, -0.2) is 84.3 Å². The molecule has 0 saturated heterocycles. The second kappa shape index (κ2) is 50.7. The number of nitro groups is 1. The normalized spacial score (nSPS) is 11.7. The van der Waals surface area contributed by atoms with Crippen molar-refractivity contribution in [2.75, 3.05) is 13.2 Å². The Morgan fingerprint density at radius 3 is 1.01 bits per heavy atom. The highest BCUT2D eigenvalue weighted by Crippen LogP contribution is 2.40. The van der Waals surface area contributed by atoms with Crippen LogP contribution in [0.2, 0.25) is 31.2 Å². The maximum atomic E-state index is 12.6. The van der Waals surface area contributed by atoms with Gasteiger partial charge in [-0.15, -0.1) is 56.7 Å². The number of benzene rings is 7. The molecule has 5 atom stereocenters. The largest absolute Gasteiger partial charge is 0.462 e. The number of aryl methyl sites for hydroxylation is 2. The molecule has 0 spiro atoms. The van der Waals surface area contributed by atoms with E-state index in [4.69, 9.17) is 79.1 Å². The zero-order valence-corrected chi connectivity index (χ0v) is 85.8. The summed E-state index contributed by atoms with van der Waals surface area (Å²) >= 11 is 51.6. The molecule has 0 amide bonds. The Morgan fingerprint density at radius 1 is 0.396 bits per heavy atom. The summed E-state index contributed by atoms with van der Waals surface area (Å²) in [4.78, 5) is 104. The summed E-state index contributed by atoms with van der Waals surface area (Å²) in [5.41, 5.74) is 13.9. The van der Waals surface area contributed by atoms with E-state index < -0.39 is 46.5 Å². The molecule has 10 heterocycles. The monoisotopic (exact) mass is 2210 g/mol. The van der Waals surface area contributed by atoms with Crippen molar-refractivity contribution >= 4 is 199 Å². The Bertz CT molecular complexity index is 7010. The van der Waals surface area contributed by atoms with Crippen LogP contribution in [0.15, 0.2) is 253 Å². The Kier molecular flexibility index (Phi) is 37.8. The van der Waals surface area contributed by atoms with E-state index in [2.05, 4.69) is 142 Å². The number of rotatable bonds is 26. The first kappa shape index (κ1) is 104. The van der Waals surface area contributed by atoms with Crippen LogP contribution in [0, 0.1) is 80.6 Å². The Balaban J connectivity index is 0.000000148. The van der Waals surface area contributed by atoms with Crippen molar-refractivity contribution in [3.05, 3.63) is 371 Å². The molecule has 17 rings (SSSR count). The fourth-order valence-electron chi connectivity index (χ4n) is 12.6. The third-order valence-electron chi connectivity index (χ3n) is 19.1. The standard InChI is InChI=1S/2C25H19BrN4O2S2.C16H10Cl2N4S.C16H10ClN5O2S.C14H6Cl3N5S/c2*1-2-32-24(31)20-13-28-25(34-14-16-6-4-3-5-7-16)30-22(20)19(12-27)23-29-21(15-33-23)17-8-10-18(26)11-9-17;1-9-6-13(22-16(18)20-9)12(7-19)15-21-14(8-23-15)10-2-4-11(17)5-3-10;1-9-6-13(21-16(17)19-9)12(7-18)15-20-14(8-25-15)10-2-4-11(5-3-10)22(23)24;15-8-3-1-7(2-4-8)10-6-23-12(19-10)9(5-18)11-20-13(16)22-14(17)21-11/h2*3-11,13,15,19H,2,14H2,1H3;2-6,8,12H,1H3;2-6,8,12H,1H3;1-4,6,9H. The average Bonchev–Trinajstić information content (AvgIpc) is 1.67. The Labute approximate surface area is 870 Å². The summed E-state index contributed by atoms with van der Waals surface area (Å²) in [7, 11) is 0. The van der Waals surface area contributed by atoms with Crippen molar-refractivity contribution < 1.29 is 24.0 Å². The van der Waals surface area contributed by atoms with Gasteiger partial charge in [0.15, 0.2) is 22.1 Å². The summed E-state index contributed by atoms with van der Waals surface area (Å²) < 4.78 is 12.3. The fraction of sp³-hybridized carbons (Fsp3) is 0.135. The molecular formula is C96H64Br2Cl6N22O6S7. The molecule has 0 bridgehead atoms. The summed E-state index contributed by atoms with van der Waals surface area (Å²) in [5, 5.41) is 74.1. The van der Waals surface area contributed by atoms with Crippen LogP contribution in [0.5, 0.6) is 0 Å². The number of halogens is 8. The second-order valence-corrected chi connectivity index (χ2v) is 38.9. The molecule has 28 nitrogen and oxygen atoms in total. The van der Waals surface area contributed by atoms with Gasteiger partial charge < -0.3 is 9.47 Å². The maximum absolute atomic E-state index is 12.6. The quantitative estimate of drug-likeness (QED) is 0.0160. The number of nitriles is 5. The van der Waals surface area contributed by atoms with Gasteiger partial charge in [0.1, 0.15) is 59.8 Å². The van der Waals surface area contributed by atoms with Gasteiger partial charge in [-0.2, -0.15) is 31.3 Å². The number of carbonyl (C=O) groups is 2. The number of thioether (sulfide) groups is 2. The predicted molar refractivity (Wildman–Crippen MR) is 548 cm³/mol. The molecule has 0 radical (unpaired) electrons. The molecule has 43 heteroatoms. The van der Waals surface area contributed by atoms with Crippen LogP contribution in [0.4, 0.5) is 5.69 Å². The van der Waals surface area contributed by atoms with E-state index in [1.54, 1.807) is 62.5 Å². The molecule has 10 aromatic heterocycles. The number of carbonyl (C=O) groups excluding carboxylic acids is 2. The molecule has 0 aliphatic rings. The summed E-state index contributed by atoms with van der Waals surface area (Å²) in [6.45, 7) is 7.48. The lowest BCUT2D eigenvalue weighted by Gasteiger charge is -2.12. The molecule has 0 aliphatic heterocycles. The maximum Gasteiger partial charge on any atom is 0.341 e. The zero-order chi connectivity index (χ0) is 98.6. The second-order valence-electron chi connectivity index (χ2n) is 28.5. The Morgan fingerprint density at radius 2 is 0.698 bits per heavy atom. The van der Waals surface area contributed by atoms with E-state index in [9.17, 15) is 46.0 Å². The van der Waals surface area contributed by atoms with Crippen molar-refractivity contribution in [1.29, 1.82) is 26.3 Å². The summed E-state index contributed by atoms with van der Waals surface area (Å²) in [6, 6.07) is 70.9. The number of esters is 2. The fourth-order valence-corrected chi connectivity index (χ4v) is 20.1. The van der Waals surface area contributed by atoms with Gasteiger partial charge in [0.25, 0.3) is 5.69 Å². The van der Waals surface area contributed by atoms with E-state index in [0.29, 0.717) is 91.1 Å². The van der Waals surface area contributed by atoms with E-state index in [0.717, 1.165) is 76.4 Å². The third-order valence-corrected chi connectivity index (χ3v) is 27.8. The van der Waals surface area contributed by atoms with Gasteiger partial charge in [0.2, 0.25) is 21.1 Å². The minimum absolute atomic E-state index is 0.0141. The first-order valence-corrected chi connectivity index (χ1v) is 51.1. The van der Waals surface area contributed by atoms with Gasteiger partial charge in [-0.1, -0.05) is 188 Å². The van der Waals surface area contributed by atoms with Crippen LogP contribution in [0.3, 0.4) is 0 Å². The van der Waals surface area contributed by atoms with Crippen molar-refractivity contribution in [3.8, 4) is 86.6 Å². The van der Waals surface area contributed by atoms with Crippen LogP contribution >= 0.6 is 182 Å². The molecular weight excluding hydrogens is 2150 g/mol. The number of hydrogen-bond acceptors (Lipinski definition) is 34. The van der Waals surface area contributed by atoms with Gasteiger partial charge in [-0.05, 0) is 158 Å². The molecule has 692 valence electrons. The highest BCUT2D eigenvalue weighted by molar-refractivity contribution is 9.10. The van der Waals surface area contributed by atoms with E-state index in [1.165, 1.54) is 105 Å². The van der Waals surface area contributed by atoms with Gasteiger partial charge in [0, 0.05) is 121 Å². The van der Waals surface area contributed by atoms with Crippen molar-refractivity contribution in [2.24, 2.45) is 0 Å². The zero-order valence-electron chi connectivity index (χ0n) is 72.4. The number of non-ortho nitro benzene ring substituents is 1. The van der Waals surface area contributed by atoms with E-state index >= 15 is 0 Å². The number of hydrogen-bond donors (Lipinski definition) is 0. The topological polar surface area (TPSA) is 421 Å². The highest BCUT2D eigenvalue weighted by atomic mass is 79.9. The molecule has 0 fully saturated rings. The minimum atomic E-state index is -0.826. The highest BCUT2D eigenvalue weighted by Gasteiger charge is 2.32. The minimum Gasteiger partial charge on any atom is -0.462 e. The van der Waals surface area contributed by atoms with Crippen molar-refractivity contribution in [3.63, 3.8) is 0 Å².